The second-order valence-electron chi connectivity index (χ2n) is 4.64. The molecule has 0 spiro atoms. The zero-order valence-corrected chi connectivity index (χ0v) is 10.3. The zero-order chi connectivity index (χ0) is 10.3. The molecule has 0 aromatic heterocycles. The molecule has 0 saturated carbocycles. The van der Waals surface area contributed by atoms with Crippen LogP contribution >= 0.6 is 0 Å². The Morgan fingerprint density at radius 1 is 0.857 bits per heavy atom. The van der Waals surface area contributed by atoms with Crippen molar-refractivity contribution in [3.05, 3.63) is 36.7 Å². The predicted octanol–water partition coefficient (Wildman–Crippen LogP) is 3.66. The van der Waals surface area contributed by atoms with E-state index in [-0.39, 0.29) is 0 Å². The highest BCUT2D eigenvalue weighted by atomic mass is 28.3. The SMILES string of the molecule is C1=CC=CNC=C1.C[Si]1(C)CCCC1. The Kier molecular flexibility index (Phi) is 4.74. The lowest BCUT2D eigenvalue weighted by Crippen LogP contribution is -2.17. The lowest BCUT2D eigenvalue weighted by molar-refractivity contribution is 0.935. The summed E-state index contributed by atoms with van der Waals surface area (Å²) >= 11 is 0. The molecule has 0 aromatic carbocycles. The number of hydrogen-bond donors (Lipinski definition) is 1. The summed E-state index contributed by atoms with van der Waals surface area (Å²) in [6, 6.07) is 3.18. The van der Waals surface area contributed by atoms with E-state index in [1.807, 2.05) is 36.7 Å². The lowest BCUT2D eigenvalue weighted by Gasteiger charge is -2.10. The molecule has 2 aliphatic rings. The van der Waals surface area contributed by atoms with E-state index in [0.29, 0.717) is 0 Å². The standard InChI is InChI=1S/C6H7N.C6H14Si/c1-2-4-6-7-5-3-1;1-7(2)5-3-4-6-7/h1-7H;3-6H2,1-2H3. The van der Waals surface area contributed by atoms with Gasteiger partial charge in [0.25, 0.3) is 0 Å². The quantitative estimate of drug-likeness (QED) is 0.598. The predicted molar refractivity (Wildman–Crippen MR) is 66.9 cm³/mol. The van der Waals surface area contributed by atoms with Gasteiger partial charge in [-0.1, -0.05) is 50.2 Å². The van der Waals surface area contributed by atoms with Gasteiger partial charge in [-0.3, -0.25) is 0 Å². The van der Waals surface area contributed by atoms with Gasteiger partial charge in [0.2, 0.25) is 0 Å². The van der Waals surface area contributed by atoms with E-state index in [1.165, 1.54) is 12.8 Å². The molecule has 0 unspecified atom stereocenters. The van der Waals surface area contributed by atoms with Crippen molar-refractivity contribution in [2.45, 2.75) is 38.0 Å². The van der Waals surface area contributed by atoms with Crippen LogP contribution in [-0.4, -0.2) is 8.07 Å². The van der Waals surface area contributed by atoms with Gasteiger partial charge in [-0.05, 0) is 12.2 Å². The van der Waals surface area contributed by atoms with Crippen molar-refractivity contribution in [3.63, 3.8) is 0 Å². The fraction of sp³-hybridized carbons (Fsp3) is 0.500. The summed E-state index contributed by atoms with van der Waals surface area (Å²) in [5, 5.41) is 2.92. The topological polar surface area (TPSA) is 12.0 Å². The first-order valence-electron chi connectivity index (χ1n) is 5.45. The number of hydrogen-bond acceptors (Lipinski definition) is 1. The van der Waals surface area contributed by atoms with Crippen LogP contribution in [-0.2, 0) is 0 Å². The smallest absolute Gasteiger partial charge is 0.0473 e. The normalized spacial score (nSPS) is 22.1. The average molecular weight is 207 g/mol. The third-order valence-corrected chi connectivity index (χ3v) is 6.09. The summed E-state index contributed by atoms with van der Waals surface area (Å²) < 4.78 is 0. The van der Waals surface area contributed by atoms with Crippen molar-refractivity contribution < 1.29 is 0 Å². The highest BCUT2D eigenvalue weighted by Crippen LogP contribution is 2.28. The van der Waals surface area contributed by atoms with Crippen LogP contribution in [0.25, 0.3) is 0 Å². The second-order valence-corrected chi connectivity index (χ2v) is 9.97. The van der Waals surface area contributed by atoms with Crippen LogP contribution in [0.4, 0.5) is 0 Å². The molecule has 0 radical (unpaired) electrons. The van der Waals surface area contributed by atoms with Gasteiger partial charge in [0, 0.05) is 20.5 Å². The highest BCUT2D eigenvalue weighted by molar-refractivity contribution is 6.77. The number of nitrogens with one attached hydrogen (secondary N) is 1. The molecule has 1 nitrogen and oxygen atoms in total. The summed E-state index contributed by atoms with van der Waals surface area (Å²) in [5.41, 5.74) is 0. The van der Waals surface area contributed by atoms with Gasteiger partial charge >= 0.3 is 0 Å². The molecule has 2 heterocycles. The molecule has 1 saturated heterocycles. The first-order chi connectivity index (χ1) is 6.71. The van der Waals surface area contributed by atoms with E-state index in [2.05, 4.69) is 18.4 Å². The van der Waals surface area contributed by atoms with Gasteiger partial charge in [0.05, 0.1) is 0 Å². The number of rotatable bonds is 0. The molecule has 0 bridgehead atoms. The van der Waals surface area contributed by atoms with Gasteiger partial charge in [-0.2, -0.15) is 0 Å². The van der Waals surface area contributed by atoms with E-state index in [1.54, 1.807) is 12.1 Å². The van der Waals surface area contributed by atoms with Gasteiger partial charge in [0.1, 0.15) is 0 Å². The van der Waals surface area contributed by atoms with Crippen LogP contribution in [0.15, 0.2) is 36.7 Å². The van der Waals surface area contributed by atoms with Crippen molar-refractivity contribution in [1.29, 1.82) is 0 Å². The third-order valence-electron chi connectivity index (χ3n) is 2.68. The Balaban J connectivity index is 0.000000140. The molecule has 2 rings (SSSR count). The Morgan fingerprint density at radius 3 is 1.71 bits per heavy atom. The van der Waals surface area contributed by atoms with Crippen molar-refractivity contribution >= 4 is 8.07 Å². The summed E-state index contributed by atoms with van der Waals surface area (Å²) in [7, 11) is -0.540. The third kappa shape index (κ3) is 5.07. The average Bonchev–Trinajstić information content (AvgIpc) is 2.47. The van der Waals surface area contributed by atoms with E-state index in [4.69, 9.17) is 0 Å². The molecule has 2 aliphatic heterocycles. The Labute approximate surface area is 88.6 Å². The molecule has 2 heteroatoms. The Bertz CT molecular complexity index is 217. The lowest BCUT2D eigenvalue weighted by atomic mass is 10.4. The van der Waals surface area contributed by atoms with Crippen LogP contribution in [0.3, 0.4) is 0 Å². The Hall–Kier alpha value is -0.763. The van der Waals surface area contributed by atoms with E-state index in [9.17, 15) is 0 Å². The number of allylic oxidation sites excluding steroid dienone is 4. The molecular weight excluding hydrogens is 186 g/mol. The summed E-state index contributed by atoms with van der Waals surface area (Å²) in [6.45, 7) is 5.00. The monoisotopic (exact) mass is 207 g/mol. The second kappa shape index (κ2) is 5.86. The van der Waals surface area contributed by atoms with Crippen LogP contribution < -0.4 is 5.32 Å². The molecule has 1 N–H and O–H groups in total. The van der Waals surface area contributed by atoms with Crippen molar-refractivity contribution in [2.24, 2.45) is 0 Å². The van der Waals surface area contributed by atoms with Crippen molar-refractivity contribution in [2.75, 3.05) is 0 Å². The maximum atomic E-state index is 2.92. The molecule has 0 atom stereocenters. The molecular formula is C12H21NSi. The molecule has 0 aliphatic carbocycles. The van der Waals surface area contributed by atoms with Crippen LogP contribution in [0, 0.1) is 0 Å². The van der Waals surface area contributed by atoms with E-state index >= 15 is 0 Å². The fourth-order valence-electron chi connectivity index (χ4n) is 1.74. The maximum Gasteiger partial charge on any atom is 0.0473 e. The van der Waals surface area contributed by atoms with Gasteiger partial charge < -0.3 is 5.32 Å². The van der Waals surface area contributed by atoms with Crippen molar-refractivity contribution in [1.82, 2.24) is 5.32 Å². The van der Waals surface area contributed by atoms with Gasteiger partial charge in [-0.15, -0.1) is 0 Å². The van der Waals surface area contributed by atoms with Crippen LogP contribution in [0.2, 0.25) is 25.2 Å². The van der Waals surface area contributed by atoms with E-state index in [0.717, 1.165) is 0 Å². The minimum Gasteiger partial charge on any atom is -0.368 e. The van der Waals surface area contributed by atoms with Crippen LogP contribution in [0.5, 0.6) is 0 Å². The summed E-state index contributed by atoms with van der Waals surface area (Å²) in [6.07, 6.45) is 14.6. The molecule has 78 valence electrons. The highest BCUT2D eigenvalue weighted by Gasteiger charge is 2.24. The summed E-state index contributed by atoms with van der Waals surface area (Å²) in [4.78, 5) is 0. The van der Waals surface area contributed by atoms with Gasteiger partial charge in [0.15, 0.2) is 0 Å². The summed E-state index contributed by atoms with van der Waals surface area (Å²) in [5.74, 6) is 0. The van der Waals surface area contributed by atoms with E-state index < -0.39 is 8.07 Å². The maximum absolute atomic E-state index is 2.92. The van der Waals surface area contributed by atoms with Gasteiger partial charge in [-0.25, -0.2) is 0 Å². The Morgan fingerprint density at radius 2 is 1.36 bits per heavy atom. The molecule has 0 aromatic rings. The zero-order valence-electron chi connectivity index (χ0n) is 9.29. The molecule has 14 heavy (non-hydrogen) atoms. The minimum atomic E-state index is -0.540. The first-order valence-corrected chi connectivity index (χ1v) is 8.87. The molecule has 0 amide bonds. The first kappa shape index (κ1) is 11.3. The van der Waals surface area contributed by atoms with Crippen molar-refractivity contribution in [3.8, 4) is 0 Å². The molecule has 1 fully saturated rings. The van der Waals surface area contributed by atoms with Crippen LogP contribution in [0.1, 0.15) is 12.8 Å². The largest absolute Gasteiger partial charge is 0.368 e. The fourth-order valence-corrected chi connectivity index (χ4v) is 4.40. The minimum absolute atomic E-state index is 0.540.